The Morgan fingerprint density at radius 1 is 1.21 bits per heavy atom. The van der Waals surface area contributed by atoms with Gasteiger partial charge in [-0.25, -0.2) is 4.79 Å². The number of hydrogen-bond donors (Lipinski definition) is 3. The monoisotopic (exact) mass is 470 g/mol. The minimum Gasteiger partial charge on any atom is -0.491 e. The maximum atomic E-state index is 12.8. The summed E-state index contributed by atoms with van der Waals surface area (Å²) < 4.78 is 48.1. The van der Waals surface area contributed by atoms with Crippen LogP contribution in [0, 0.1) is 11.8 Å². The number of methoxy groups -OCH3 is 1. The van der Waals surface area contributed by atoms with Gasteiger partial charge in [0.05, 0.1) is 24.9 Å². The van der Waals surface area contributed by atoms with Crippen LogP contribution >= 0.6 is 0 Å². The van der Waals surface area contributed by atoms with Crippen LogP contribution in [-0.4, -0.2) is 53.3 Å². The largest absolute Gasteiger partial charge is 0.491 e. The molecule has 9 heteroatoms. The Bertz CT molecular complexity index is 849. The Kier molecular flexibility index (Phi) is 10.1. The summed E-state index contributed by atoms with van der Waals surface area (Å²) in [6.45, 7) is -0.264. The van der Waals surface area contributed by atoms with Gasteiger partial charge in [-0.3, -0.25) is 0 Å². The highest BCUT2D eigenvalue weighted by Crippen LogP contribution is 2.36. The van der Waals surface area contributed by atoms with Gasteiger partial charge in [0, 0.05) is 18.4 Å². The van der Waals surface area contributed by atoms with Gasteiger partial charge in [-0.2, -0.15) is 13.2 Å². The number of ether oxygens (including phenoxy) is 2. The fraction of sp³-hybridized carbons (Fsp3) is 0.458. The van der Waals surface area contributed by atoms with Gasteiger partial charge in [0.2, 0.25) is 0 Å². The van der Waals surface area contributed by atoms with Crippen molar-refractivity contribution in [2.24, 2.45) is 11.8 Å². The Labute approximate surface area is 190 Å². The maximum Gasteiger partial charge on any atom is 0.416 e. The predicted octanol–water partition coefficient (Wildman–Crippen LogP) is 3.42. The van der Waals surface area contributed by atoms with E-state index >= 15 is 0 Å². The molecule has 2 rings (SSSR count). The number of alkyl halides is 3. The molecule has 6 nitrogen and oxygen atoms in total. The van der Waals surface area contributed by atoms with Crippen LogP contribution in [0.1, 0.15) is 24.8 Å². The summed E-state index contributed by atoms with van der Waals surface area (Å²) in [5.74, 6) is -1.14. The van der Waals surface area contributed by atoms with Crippen LogP contribution in [-0.2, 0) is 15.7 Å². The van der Waals surface area contributed by atoms with Crippen molar-refractivity contribution in [3.05, 3.63) is 66.3 Å². The van der Waals surface area contributed by atoms with E-state index in [1.807, 2.05) is 12.2 Å². The fourth-order valence-corrected chi connectivity index (χ4v) is 3.62. The number of rotatable bonds is 10. The van der Waals surface area contributed by atoms with E-state index in [1.54, 1.807) is 12.2 Å². The van der Waals surface area contributed by atoms with Gasteiger partial charge >= 0.3 is 12.1 Å². The molecule has 0 aromatic heterocycles. The highest BCUT2D eigenvalue weighted by atomic mass is 19.4. The van der Waals surface area contributed by atoms with Crippen molar-refractivity contribution in [3.63, 3.8) is 0 Å². The van der Waals surface area contributed by atoms with E-state index in [2.05, 4.69) is 4.74 Å². The molecule has 1 aliphatic rings. The van der Waals surface area contributed by atoms with Crippen LogP contribution in [0.3, 0.4) is 0 Å². The number of allylic oxidation sites excluding steroid dienone is 3. The molecular formula is C24H29F3O6. The van der Waals surface area contributed by atoms with E-state index in [1.165, 1.54) is 31.4 Å². The summed E-state index contributed by atoms with van der Waals surface area (Å²) in [5.41, 5.74) is -0.843. The average Bonchev–Trinajstić information content (AvgIpc) is 3.04. The standard InChI is InChI=1S/C24H29F3O6/c1-32-23(31)10-5-3-2-4-9-19-20(22(30)14-21(19)29)12-11-17(28)15-33-18-8-6-7-16(13-18)24(25,26)27/h2,4-8,10-13,17,19-22,28-30H,3,9,14-15H2,1H3. The van der Waals surface area contributed by atoms with E-state index < -0.39 is 41.9 Å². The van der Waals surface area contributed by atoms with Crippen LogP contribution < -0.4 is 4.74 Å². The van der Waals surface area contributed by atoms with E-state index in [9.17, 15) is 33.3 Å². The number of esters is 1. The van der Waals surface area contributed by atoms with Crippen molar-refractivity contribution in [2.75, 3.05) is 13.7 Å². The van der Waals surface area contributed by atoms with Crippen LogP contribution in [0.25, 0.3) is 0 Å². The zero-order valence-electron chi connectivity index (χ0n) is 18.2. The number of benzene rings is 1. The van der Waals surface area contributed by atoms with E-state index in [0.717, 1.165) is 12.1 Å². The van der Waals surface area contributed by atoms with Crippen molar-refractivity contribution in [1.29, 1.82) is 0 Å². The second-order valence-electron chi connectivity index (χ2n) is 7.77. The molecule has 5 atom stereocenters. The van der Waals surface area contributed by atoms with Crippen LogP contribution in [0.15, 0.2) is 60.7 Å². The number of carbonyl (C=O) groups is 1. The van der Waals surface area contributed by atoms with Gasteiger partial charge in [-0.1, -0.05) is 36.4 Å². The normalized spacial score (nSPS) is 24.7. The van der Waals surface area contributed by atoms with Crippen molar-refractivity contribution in [1.82, 2.24) is 0 Å². The quantitative estimate of drug-likeness (QED) is 0.276. The first-order valence-corrected chi connectivity index (χ1v) is 10.5. The lowest BCUT2D eigenvalue weighted by Gasteiger charge is -2.19. The molecule has 0 heterocycles. The predicted molar refractivity (Wildman–Crippen MR) is 115 cm³/mol. The van der Waals surface area contributed by atoms with Crippen molar-refractivity contribution < 1.29 is 42.8 Å². The summed E-state index contributed by atoms with van der Waals surface area (Å²) in [5, 5.41) is 30.7. The zero-order chi connectivity index (χ0) is 24.4. The van der Waals surface area contributed by atoms with Crippen LogP contribution in [0.4, 0.5) is 13.2 Å². The molecule has 0 saturated heterocycles. The van der Waals surface area contributed by atoms with Crippen molar-refractivity contribution in [2.45, 2.75) is 43.8 Å². The third-order valence-electron chi connectivity index (χ3n) is 5.36. The van der Waals surface area contributed by atoms with Crippen LogP contribution in [0.5, 0.6) is 5.75 Å². The third-order valence-corrected chi connectivity index (χ3v) is 5.36. The molecule has 3 N–H and O–H groups in total. The topological polar surface area (TPSA) is 96.2 Å². The van der Waals surface area contributed by atoms with Gasteiger partial charge in [-0.05, 0) is 37.0 Å². The third kappa shape index (κ3) is 8.68. The lowest BCUT2D eigenvalue weighted by atomic mass is 9.89. The van der Waals surface area contributed by atoms with Crippen molar-refractivity contribution in [3.8, 4) is 5.75 Å². The molecule has 1 aliphatic carbocycles. The Hall–Kier alpha value is -2.62. The lowest BCUT2D eigenvalue weighted by molar-refractivity contribution is -0.137. The Balaban J connectivity index is 1.89. The molecule has 0 amide bonds. The molecule has 1 aromatic rings. The average molecular weight is 470 g/mol. The molecule has 182 valence electrons. The lowest BCUT2D eigenvalue weighted by Crippen LogP contribution is -2.21. The minimum atomic E-state index is -4.49. The molecule has 1 saturated carbocycles. The summed E-state index contributed by atoms with van der Waals surface area (Å²) in [7, 11) is 1.29. The van der Waals surface area contributed by atoms with E-state index in [-0.39, 0.29) is 24.7 Å². The molecule has 5 unspecified atom stereocenters. The molecule has 0 aliphatic heterocycles. The first-order chi connectivity index (χ1) is 15.6. The molecule has 0 spiro atoms. The number of hydrogen-bond acceptors (Lipinski definition) is 6. The van der Waals surface area contributed by atoms with Gasteiger partial charge in [-0.15, -0.1) is 0 Å². The Morgan fingerprint density at radius 2 is 1.97 bits per heavy atom. The van der Waals surface area contributed by atoms with Crippen LogP contribution in [0.2, 0.25) is 0 Å². The van der Waals surface area contributed by atoms with Gasteiger partial charge in [0.25, 0.3) is 0 Å². The molecule has 0 radical (unpaired) electrons. The fourth-order valence-electron chi connectivity index (χ4n) is 3.62. The molecule has 33 heavy (non-hydrogen) atoms. The number of halogens is 3. The van der Waals surface area contributed by atoms with Gasteiger partial charge < -0.3 is 24.8 Å². The smallest absolute Gasteiger partial charge is 0.416 e. The molecule has 1 aromatic carbocycles. The summed E-state index contributed by atoms with van der Waals surface area (Å²) in [6.07, 6.45) is 3.74. The van der Waals surface area contributed by atoms with E-state index in [0.29, 0.717) is 12.8 Å². The first-order valence-electron chi connectivity index (χ1n) is 10.5. The number of carbonyl (C=O) groups excluding carboxylic acids is 1. The molecule has 0 bridgehead atoms. The summed E-state index contributed by atoms with van der Waals surface area (Å²) in [4.78, 5) is 11.0. The number of aliphatic hydroxyl groups is 3. The number of aliphatic hydroxyl groups excluding tert-OH is 3. The second-order valence-corrected chi connectivity index (χ2v) is 7.77. The minimum absolute atomic E-state index is 0.0159. The zero-order valence-corrected chi connectivity index (χ0v) is 18.2. The van der Waals surface area contributed by atoms with Gasteiger partial charge in [0.1, 0.15) is 18.5 Å². The maximum absolute atomic E-state index is 12.8. The Morgan fingerprint density at radius 3 is 2.67 bits per heavy atom. The summed E-state index contributed by atoms with van der Waals surface area (Å²) >= 11 is 0. The second kappa shape index (κ2) is 12.6. The van der Waals surface area contributed by atoms with E-state index in [4.69, 9.17) is 4.74 Å². The highest BCUT2D eigenvalue weighted by Gasteiger charge is 2.39. The highest BCUT2D eigenvalue weighted by molar-refractivity contribution is 5.81. The van der Waals surface area contributed by atoms with Gasteiger partial charge in [0.15, 0.2) is 0 Å². The SMILES string of the molecule is COC(=O)C=CCC=CCC1C(O)CC(O)C1C=CC(O)COc1cccc(C(F)(F)F)c1. The molecular weight excluding hydrogens is 441 g/mol. The van der Waals surface area contributed by atoms with Crippen molar-refractivity contribution >= 4 is 5.97 Å². The molecule has 1 fully saturated rings. The first kappa shape index (κ1) is 26.6. The summed E-state index contributed by atoms with van der Waals surface area (Å²) in [6, 6.07) is 4.38.